The average molecular weight is 330 g/mol. The molecule has 7 heteroatoms. The van der Waals surface area contributed by atoms with Gasteiger partial charge in [0, 0.05) is 5.56 Å². The van der Waals surface area contributed by atoms with Crippen LogP contribution in [0.25, 0.3) is 11.5 Å². The zero-order valence-corrected chi connectivity index (χ0v) is 13.4. The molecule has 3 aromatic rings. The van der Waals surface area contributed by atoms with Gasteiger partial charge in [0.1, 0.15) is 10.6 Å². The number of nitrogens with zero attached hydrogens (tertiary/aromatic N) is 2. The van der Waals surface area contributed by atoms with Gasteiger partial charge in [-0.3, -0.25) is 0 Å². The highest BCUT2D eigenvalue weighted by molar-refractivity contribution is 7.11. The molecule has 1 aromatic carbocycles. The molecule has 3 rings (SSSR count). The number of esters is 1. The predicted octanol–water partition coefficient (Wildman–Crippen LogP) is 3.72. The van der Waals surface area contributed by atoms with E-state index in [1.54, 1.807) is 38.3 Å². The molecular formula is C16H14N2O4S. The van der Waals surface area contributed by atoms with Gasteiger partial charge in [0.25, 0.3) is 5.89 Å². The molecule has 0 amide bonds. The lowest BCUT2D eigenvalue weighted by molar-refractivity contribution is 0.0285. The molecule has 2 heterocycles. The molecular weight excluding hydrogens is 316 g/mol. The Bertz CT molecular complexity index is 781. The average Bonchev–Trinajstić information content (AvgIpc) is 3.26. The first-order valence-electron chi connectivity index (χ1n) is 6.89. The monoisotopic (exact) mass is 330 g/mol. The van der Waals surface area contributed by atoms with Crippen molar-refractivity contribution >= 4 is 17.3 Å². The number of aromatic nitrogens is 2. The molecule has 0 radical (unpaired) electrons. The first kappa shape index (κ1) is 15.2. The van der Waals surface area contributed by atoms with E-state index in [1.165, 1.54) is 11.3 Å². The molecule has 6 nitrogen and oxygen atoms in total. The molecule has 0 aliphatic rings. The maximum absolute atomic E-state index is 11.9. The van der Waals surface area contributed by atoms with Crippen LogP contribution in [0.4, 0.5) is 0 Å². The SMILES string of the molecule is COc1ccc(-c2nnc([C@H](C)OC(=O)c3cccs3)o2)cc1. The van der Waals surface area contributed by atoms with Crippen molar-refractivity contribution in [2.24, 2.45) is 0 Å². The summed E-state index contributed by atoms with van der Waals surface area (Å²) in [6, 6.07) is 10.7. The first-order chi connectivity index (χ1) is 11.2. The second-order valence-corrected chi connectivity index (χ2v) is 5.65. The molecule has 118 valence electrons. The van der Waals surface area contributed by atoms with E-state index in [0.29, 0.717) is 10.8 Å². The number of benzene rings is 1. The van der Waals surface area contributed by atoms with Crippen LogP contribution in [0.1, 0.15) is 28.6 Å². The molecule has 0 aliphatic carbocycles. The lowest BCUT2D eigenvalue weighted by atomic mass is 10.2. The second kappa shape index (κ2) is 6.62. The molecule has 0 N–H and O–H groups in total. The van der Waals surface area contributed by atoms with E-state index in [9.17, 15) is 4.79 Å². The highest BCUT2D eigenvalue weighted by atomic mass is 32.1. The molecule has 0 saturated heterocycles. The quantitative estimate of drug-likeness (QED) is 0.664. The Morgan fingerprint density at radius 1 is 1.22 bits per heavy atom. The number of hydrogen-bond acceptors (Lipinski definition) is 7. The van der Waals surface area contributed by atoms with Gasteiger partial charge in [0.15, 0.2) is 6.10 Å². The third-order valence-electron chi connectivity index (χ3n) is 3.13. The lowest BCUT2D eigenvalue weighted by Gasteiger charge is -2.07. The van der Waals surface area contributed by atoms with E-state index in [1.807, 2.05) is 17.5 Å². The molecule has 0 saturated carbocycles. The number of carbonyl (C=O) groups is 1. The minimum Gasteiger partial charge on any atom is -0.497 e. The summed E-state index contributed by atoms with van der Waals surface area (Å²) in [5.74, 6) is 0.950. The fraction of sp³-hybridized carbons (Fsp3) is 0.188. The summed E-state index contributed by atoms with van der Waals surface area (Å²) in [4.78, 5) is 12.5. The summed E-state index contributed by atoms with van der Waals surface area (Å²) >= 11 is 1.32. The van der Waals surface area contributed by atoms with E-state index in [0.717, 1.165) is 11.3 Å². The van der Waals surface area contributed by atoms with Gasteiger partial charge < -0.3 is 13.9 Å². The molecule has 23 heavy (non-hydrogen) atoms. The molecule has 2 aromatic heterocycles. The van der Waals surface area contributed by atoms with Crippen LogP contribution in [-0.2, 0) is 4.74 Å². The molecule has 0 bridgehead atoms. The Labute approximate surface area is 136 Å². The third kappa shape index (κ3) is 3.40. The van der Waals surface area contributed by atoms with Gasteiger partial charge in [-0.1, -0.05) is 6.07 Å². The zero-order chi connectivity index (χ0) is 16.2. The normalized spacial score (nSPS) is 11.9. The van der Waals surface area contributed by atoms with Crippen LogP contribution in [0.5, 0.6) is 5.75 Å². The summed E-state index contributed by atoms with van der Waals surface area (Å²) in [5, 5.41) is 9.75. The minimum atomic E-state index is -0.621. The molecule has 0 spiro atoms. The van der Waals surface area contributed by atoms with Crippen LogP contribution in [0, 0.1) is 0 Å². The highest BCUT2D eigenvalue weighted by Gasteiger charge is 2.20. The molecule has 1 atom stereocenters. The maximum atomic E-state index is 11.9. The Kier molecular flexibility index (Phi) is 4.38. The van der Waals surface area contributed by atoms with Gasteiger partial charge in [-0.05, 0) is 42.6 Å². The van der Waals surface area contributed by atoms with E-state index < -0.39 is 12.1 Å². The van der Waals surface area contributed by atoms with Crippen LogP contribution in [0.15, 0.2) is 46.2 Å². The van der Waals surface area contributed by atoms with Crippen molar-refractivity contribution in [2.45, 2.75) is 13.0 Å². The van der Waals surface area contributed by atoms with Crippen molar-refractivity contribution in [2.75, 3.05) is 7.11 Å². The van der Waals surface area contributed by atoms with Crippen molar-refractivity contribution in [1.29, 1.82) is 0 Å². The van der Waals surface area contributed by atoms with E-state index >= 15 is 0 Å². The summed E-state index contributed by atoms with van der Waals surface area (Å²) < 4.78 is 16.0. The number of hydrogen-bond donors (Lipinski definition) is 0. The zero-order valence-electron chi connectivity index (χ0n) is 12.6. The van der Waals surface area contributed by atoms with Crippen LogP contribution in [-0.4, -0.2) is 23.3 Å². The summed E-state index contributed by atoms with van der Waals surface area (Å²) in [6.45, 7) is 1.69. The summed E-state index contributed by atoms with van der Waals surface area (Å²) in [6.07, 6.45) is -0.621. The van der Waals surface area contributed by atoms with Crippen molar-refractivity contribution in [1.82, 2.24) is 10.2 Å². The van der Waals surface area contributed by atoms with Gasteiger partial charge >= 0.3 is 5.97 Å². The van der Waals surface area contributed by atoms with Crippen molar-refractivity contribution < 1.29 is 18.7 Å². The number of ether oxygens (including phenoxy) is 2. The number of carbonyl (C=O) groups excluding carboxylic acids is 1. The number of rotatable bonds is 5. The van der Waals surface area contributed by atoms with Gasteiger partial charge in [-0.15, -0.1) is 21.5 Å². The van der Waals surface area contributed by atoms with Gasteiger partial charge in [0.05, 0.1) is 7.11 Å². The molecule has 0 unspecified atom stereocenters. The van der Waals surface area contributed by atoms with Gasteiger partial charge in [-0.25, -0.2) is 4.79 Å². The second-order valence-electron chi connectivity index (χ2n) is 4.70. The molecule has 0 fully saturated rings. The lowest BCUT2D eigenvalue weighted by Crippen LogP contribution is -2.08. The maximum Gasteiger partial charge on any atom is 0.349 e. The molecule has 0 aliphatic heterocycles. The smallest absolute Gasteiger partial charge is 0.349 e. The van der Waals surface area contributed by atoms with Crippen molar-refractivity contribution in [3.8, 4) is 17.2 Å². The fourth-order valence-electron chi connectivity index (χ4n) is 1.91. The topological polar surface area (TPSA) is 74.5 Å². The van der Waals surface area contributed by atoms with E-state index in [2.05, 4.69) is 10.2 Å². The van der Waals surface area contributed by atoms with Gasteiger partial charge in [-0.2, -0.15) is 0 Å². The Morgan fingerprint density at radius 2 is 2.00 bits per heavy atom. The van der Waals surface area contributed by atoms with Gasteiger partial charge in [0.2, 0.25) is 5.89 Å². The van der Waals surface area contributed by atoms with Crippen molar-refractivity contribution in [3.05, 3.63) is 52.5 Å². The summed E-state index contributed by atoms with van der Waals surface area (Å²) in [5.41, 5.74) is 0.765. The Hall–Kier alpha value is -2.67. The van der Waals surface area contributed by atoms with Crippen molar-refractivity contribution in [3.63, 3.8) is 0 Å². The summed E-state index contributed by atoms with van der Waals surface area (Å²) in [7, 11) is 1.60. The number of methoxy groups -OCH3 is 1. The Balaban J connectivity index is 1.71. The largest absolute Gasteiger partial charge is 0.497 e. The van der Waals surface area contributed by atoms with Crippen LogP contribution in [0.2, 0.25) is 0 Å². The first-order valence-corrected chi connectivity index (χ1v) is 7.77. The Morgan fingerprint density at radius 3 is 2.65 bits per heavy atom. The predicted molar refractivity (Wildman–Crippen MR) is 84.4 cm³/mol. The van der Waals surface area contributed by atoms with Crippen LogP contribution >= 0.6 is 11.3 Å². The van der Waals surface area contributed by atoms with Crippen LogP contribution < -0.4 is 4.74 Å². The fourth-order valence-corrected chi connectivity index (χ4v) is 2.52. The van der Waals surface area contributed by atoms with E-state index in [4.69, 9.17) is 13.9 Å². The third-order valence-corrected chi connectivity index (χ3v) is 3.98. The van der Waals surface area contributed by atoms with Crippen LogP contribution in [0.3, 0.4) is 0 Å². The minimum absolute atomic E-state index is 0.251. The number of thiophene rings is 1. The van der Waals surface area contributed by atoms with E-state index in [-0.39, 0.29) is 5.89 Å². The highest BCUT2D eigenvalue weighted by Crippen LogP contribution is 2.25. The standard InChI is InChI=1S/C16H14N2O4S/c1-10(21-16(19)13-4-3-9-23-13)14-17-18-15(22-14)11-5-7-12(20-2)8-6-11/h3-10H,1-2H3/t10-/m0/s1.